The average molecular weight is 336 g/mol. The van der Waals surface area contributed by atoms with E-state index < -0.39 is 5.97 Å². The smallest absolute Gasteiger partial charge is 0.307 e. The Labute approximate surface area is 145 Å². The van der Waals surface area contributed by atoms with Crippen LogP contribution in [0.5, 0.6) is 5.75 Å². The highest BCUT2D eigenvalue weighted by Gasteiger charge is 2.25. The Morgan fingerprint density at radius 1 is 1.24 bits per heavy atom. The highest BCUT2D eigenvalue weighted by Crippen LogP contribution is 2.31. The molecule has 1 heterocycles. The van der Waals surface area contributed by atoms with Gasteiger partial charge in [-0.1, -0.05) is 24.3 Å². The fourth-order valence-electron chi connectivity index (χ4n) is 2.57. The van der Waals surface area contributed by atoms with Crippen molar-refractivity contribution in [3.8, 4) is 11.8 Å². The number of amides is 1. The number of esters is 1. The van der Waals surface area contributed by atoms with E-state index in [9.17, 15) is 9.59 Å². The first-order valence-corrected chi connectivity index (χ1v) is 7.84. The van der Waals surface area contributed by atoms with E-state index in [4.69, 9.17) is 14.7 Å². The lowest BCUT2D eigenvalue weighted by Crippen LogP contribution is -2.40. The van der Waals surface area contributed by atoms with Gasteiger partial charge in [0.25, 0.3) is 5.91 Å². The molecular weight excluding hydrogens is 320 g/mol. The van der Waals surface area contributed by atoms with Crippen molar-refractivity contribution < 1.29 is 19.1 Å². The lowest BCUT2D eigenvalue weighted by Gasteiger charge is -2.28. The molecule has 126 valence electrons. The number of para-hydroxylation sites is 2. The van der Waals surface area contributed by atoms with Gasteiger partial charge in [-0.2, -0.15) is 5.26 Å². The van der Waals surface area contributed by atoms with Crippen LogP contribution in [0.25, 0.3) is 0 Å². The standard InChI is InChI=1S/C19H16N2O4/c20-11-14-4-3-5-15(10-14)12-25-19(23)8-9-21-16-6-1-2-7-17(16)24-13-18(21)22/h1-7,10H,8-9,12-13H2. The molecule has 6 heteroatoms. The minimum Gasteiger partial charge on any atom is -0.482 e. The molecule has 1 amide bonds. The zero-order chi connectivity index (χ0) is 17.6. The highest BCUT2D eigenvalue weighted by atomic mass is 16.5. The van der Waals surface area contributed by atoms with E-state index in [1.807, 2.05) is 18.2 Å². The lowest BCUT2D eigenvalue weighted by atomic mass is 10.1. The Balaban J connectivity index is 1.56. The van der Waals surface area contributed by atoms with Crippen molar-refractivity contribution in [3.63, 3.8) is 0 Å². The quantitative estimate of drug-likeness (QED) is 0.784. The number of anilines is 1. The topological polar surface area (TPSA) is 79.6 Å². The summed E-state index contributed by atoms with van der Waals surface area (Å²) in [5.74, 6) is 0.0381. The van der Waals surface area contributed by atoms with Crippen LogP contribution in [0.3, 0.4) is 0 Å². The third-order valence-electron chi connectivity index (χ3n) is 3.80. The summed E-state index contributed by atoms with van der Waals surface area (Å²) in [4.78, 5) is 25.6. The third-order valence-corrected chi connectivity index (χ3v) is 3.80. The Bertz CT molecular complexity index is 841. The molecule has 0 atom stereocenters. The van der Waals surface area contributed by atoms with E-state index in [1.54, 1.807) is 36.4 Å². The predicted molar refractivity (Wildman–Crippen MR) is 89.9 cm³/mol. The van der Waals surface area contributed by atoms with E-state index in [1.165, 1.54) is 4.90 Å². The van der Waals surface area contributed by atoms with E-state index in [0.29, 0.717) is 17.0 Å². The second-order valence-electron chi connectivity index (χ2n) is 5.52. The van der Waals surface area contributed by atoms with Crippen molar-refractivity contribution in [1.29, 1.82) is 5.26 Å². The van der Waals surface area contributed by atoms with Crippen LogP contribution in [-0.4, -0.2) is 25.0 Å². The molecule has 0 radical (unpaired) electrons. The molecule has 0 aliphatic carbocycles. The fourth-order valence-corrected chi connectivity index (χ4v) is 2.57. The molecule has 1 aliphatic rings. The molecule has 0 aromatic heterocycles. The molecule has 1 aliphatic heterocycles. The van der Waals surface area contributed by atoms with Crippen LogP contribution in [0.2, 0.25) is 0 Å². The van der Waals surface area contributed by atoms with Gasteiger partial charge in [0, 0.05) is 6.54 Å². The zero-order valence-corrected chi connectivity index (χ0v) is 13.5. The van der Waals surface area contributed by atoms with Crippen LogP contribution < -0.4 is 9.64 Å². The number of fused-ring (bicyclic) bond motifs is 1. The van der Waals surface area contributed by atoms with Crippen LogP contribution >= 0.6 is 0 Å². The summed E-state index contributed by atoms with van der Waals surface area (Å²) in [5, 5.41) is 8.87. The maximum atomic E-state index is 12.0. The van der Waals surface area contributed by atoms with Gasteiger partial charge in [0.1, 0.15) is 12.4 Å². The molecule has 0 bridgehead atoms. The summed E-state index contributed by atoms with van der Waals surface area (Å²) in [5.41, 5.74) is 1.93. The van der Waals surface area contributed by atoms with Crippen LogP contribution in [-0.2, 0) is 20.9 Å². The van der Waals surface area contributed by atoms with Crippen molar-refractivity contribution in [2.75, 3.05) is 18.1 Å². The van der Waals surface area contributed by atoms with Gasteiger partial charge in [-0.25, -0.2) is 0 Å². The van der Waals surface area contributed by atoms with Crippen molar-refractivity contribution in [1.82, 2.24) is 0 Å². The zero-order valence-electron chi connectivity index (χ0n) is 13.5. The monoisotopic (exact) mass is 336 g/mol. The Morgan fingerprint density at radius 2 is 2.08 bits per heavy atom. The van der Waals surface area contributed by atoms with Gasteiger partial charge in [0.2, 0.25) is 0 Å². The largest absolute Gasteiger partial charge is 0.482 e. The molecule has 0 saturated heterocycles. The van der Waals surface area contributed by atoms with Gasteiger partial charge >= 0.3 is 5.97 Å². The van der Waals surface area contributed by atoms with Crippen molar-refractivity contribution in [2.45, 2.75) is 13.0 Å². The minimum absolute atomic E-state index is 0.0347. The Hall–Kier alpha value is -3.33. The molecule has 0 saturated carbocycles. The van der Waals surface area contributed by atoms with Crippen molar-refractivity contribution in [3.05, 3.63) is 59.7 Å². The number of hydrogen-bond acceptors (Lipinski definition) is 5. The molecule has 0 spiro atoms. The highest BCUT2D eigenvalue weighted by molar-refractivity contribution is 5.98. The van der Waals surface area contributed by atoms with Crippen LogP contribution in [0, 0.1) is 11.3 Å². The van der Waals surface area contributed by atoms with Gasteiger partial charge in [0.05, 0.1) is 23.7 Å². The minimum atomic E-state index is -0.404. The summed E-state index contributed by atoms with van der Waals surface area (Å²) < 4.78 is 10.6. The lowest BCUT2D eigenvalue weighted by molar-refractivity contribution is -0.144. The summed E-state index contributed by atoms with van der Waals surface area (Å²) in [6.07, 6.45) is 0.0814. The van der Waals surface area contributed by atoms with Gasteiger partial charge in [-0.3, -0.25) is 9.59 Å². The second kappa shape index (κ2) is 7.49. The number of benzene rings is 2. The van der Waals surface area contributed by atoms with Gasteiger partial charge in [-0.15, -0.1) is 0 Å². The maximum absolute atomic E-state index is 12.0. The molecule has 0 unspecified atom stereocenters. The van der Waals surface area contributed by atoms with E-state index in [0.717, 1.165) is 5.56 Å². The number of ether oxygens (including phenoxy) is 2. The molecule has 3 rings (SSSR count). The number of nitrogens with zero attached hydrogens (tertiary/aromatic N) is 2. The first kappa shape index (κ1) is 16.5. The summed E-state index contributed by atoms with van der Waals surface area (Å²) in [6.45, 7) is 0.297. The van der Waals surface area contributed by atoms with Crippen LogP contribution in [0.4, 0.5) is 5.69 Å². The summed E-state index contributed by atoms with van der Waals surface area (Å²) in [6, 6.07) is 16.1. The number of carbonyl (C=O) groups excluding carboxylic acids is 2. The van der Waals surface area contributed by atoms with Crippen molar-refractivity contribution in [2.24, 2.45) is 0 Å². The normalized spacial score (nSPS) is 12.8. The Morgan fingerprint density at radius 3 is 2.92 bits per heavy atom. The SMILES string of the molecule is N#Cc1cccc(COC(=O)CCN2C(=O)COc3ccccc32)c1. The summed E-state index contributed by atoms with van der Waals surface area (Å²) >= 11 is 0. The molecule has 0 N–H and O–H groups in total. The third kappa shape index (κ3) is 3.96. The van der Waals surface area contributed by atoms with Gasteiger partial charge in [-0.05, 0) is 29.8 Å². The number of carbonyl (C=O) groups is 2. The van der Waals surface area contributed by atoms with Crippen LogP contribution in [0.15, 0.2) is 48.5 Å². The molecule has 2 aromatic carbocycles. The number of hydrogen-bond donors (Lipinski definition) is 0. The van der Waals surface area contributed by atoms with E-state index in [-0.39, 0.29) is 32.1 Å². The number of nitriles is 1. The van der Waals surface area contributed by atoms with E-state index in [2.05, 4.69) is 0 Å². The molecular formula is C19H16N2O4. The number of rotatable bonds is 5. The molecule has 25 heavy (non-hydrogen) atoms. The molecule has 2 aromatic rings. The first-order chi connectivity index (χ1) is 12.2. The Kier molecular flexibility index (Phi) is 4.95. The van der Waals surface area contributed by atoms with Crippen LogP contribution in [0.1, 0.15) is 17.5 Å². The predicted octanol–water partition coefficient (Wildman–Crippen LogP) is 2.42. The maximum Gasteiger partial charge on any atom is 0.307 e. The van der Waals surface area contributed by atoms with E-state index >= 15 is 0 Å². The first-order valence-electron chi connectivity index (χ1n) is 7.84. The van der Waals surface area contributed by atoms with Gasteiger partial charge < -0.3 is 14.4 Å². The van der Waals surface area contributed by atoms with Gasteiger partial charge in [0.15, 0.2) is 6.61 Å². The fraction of sp³-hybridized carbons (Fsp3) is 0.211. The second-order valence-corrected chi connectivity index (χ2v) is 5.52. The summed E-state index contributed by atoms with van der Waals surface area (Å²) in [7, 11) is 0. The molecule has 6 nitrogen and oxygen atoms in total. The average Bonchev–Trinajstić information content (AvgIpc) is 2.65. The molecule has 0 fully saturated rings. The van der Waals surface area contributed by atoms with Crippen molar-refractivity contribution >= 4 is 17.6 Å².